The topological polar surface area (TPSA) is 51.2 Å². The van der Waals surface area contributed by atoms with Crippen LogP contribution in [0, 0.1) is 0 Å². The zero-order chi connectivity index (χ0) is 15.9. The van der Waals surface area contributed by atoms with E-state index in [2.05, 4.69) is 10.3 Å². The van der Waals surface area contributed by atoms with E-state index in [1.54, 1.807) is 17.5 Å². The Morgan fingerprint density at radius 1 is 1.09 bits per heavy atom. The van der Waals surface area contributed by atoms with Crippen LogP contribution in [-0.2, 0) is 11.3 Å². The van der Waals surface area contributed by atoms with Crippen molar-refractivity contribution in [2.24, 2.45) is 0 Å². The van der Waals surface area contributed by atoms with Crippen LogP contribution in [0.4, 0.5) is 0 Å². The van der Waals surface area contributed by atoms with Gasteiger partial charge in [0.2, 0.25) is 0 Å². The van der Waals surface area contributed by atoms with Crippen LogP contribution in [0.2, 0.25) is 0 Å². The van der Waals surface area contributed by atoms with Crippen LogP contribution in [0.15, 0.2) is 66.2 Å². The number of hydrogen-bond donors (Lipinski definition) is 1. The molecule has 23 heavy (non-hydrogen) atoms. The van der Waals surface area contributed by atoms with E-state index in [1.165, 1.54) is 0 Å². The van der Waals surface area contributed by atoms with E-state index in [4.69, 9.17) is 4.74 Å². The van der Waals surface area contributed by atoms with Crippen LogP contribution in [0.3, 0.4) is 0 Å². The van der Waals surface area contributed by atoms with Gasteiger partial charge >= 0.3 is 0 Å². The Morgan fingerprint density at radius 2 is 1.96 bits per heavy atom. The van der Waals surface area contributed by atoms with Gasteiger partial charge in [-0.25, -0.2) is 0 Å². The Hall–Kier alpha value is -2.66. The lowest BCUT2D eigenvalue weighted by Crippen LogP contribution is -2.28. The highest BCUT2D eigenvalue weighted by atomic mass is 32.1. The molecule has 0 spiro atoms. The highest BCUT2D eigenvalue weighted by molar-refractivity contribution is 7.13. The molecule has 2 heterocycles. The van der Waals surface area contributed by atoms with Crippen LogP contribution in [0.5, 0.6) is 5.75 Å². The summed E-state index contributed by atoms with van der Waals surface area (Å²) in [6.45, 7) is 0.427. The van der Waals surface area contributed by atoms with Crippen LogP contribution in [-0.4, -0.2) is 17.5 Å². The van der Waals surface area contributed by atoms with E-state index in [-0.39, 0.29) is 12.5 Å². The minimum atomic E-state index is -0.158. The Bertz CT molecular complexity index is 758. The number of thiophene rings is 1. The lowest BCUT2D eigenvalue weighted by molar-refractivity contribution is -0.123. The molecule has 0 saturated carbocycles. The van der Waals surface area contributed by atoms with Crippen molar-refractivity contribution in [3.05, 3.63) is 71.7 Å². The minimum Gasteiger partial charge on any atom is -0.484 e. The molecule has 0 aliphatic carbocycles. The molecule has 116 valence electrons. The molecule has 0 aliphatic heterocycles. The number of carbonyl (C=O) groups excluding carboxylic acids is 1. The van der Waals surface area contributed by atoms with Crippen molar-refractivity contribution in [2.75, 3.05) is 6.61 Å². The lowest BCUT2D eigenvalue weighted by Gasteiger charge is -2.09. The molecule has 0 bridgehead atoms. The number of rotatable bonds is 6. The fourth-order valence-corrected chi connectivity index (χ4v) is 2.88. The van der Waals surface area contributed by atoms with Gasteiger partial charge in [0, 0.05) is 12.7 Å². The molecule has 0 unspecified atom stereocenters. The molecule has 1 N–H and O–H groups in total. The monoisotopic (exact) mass is 324 g/mol. The number of ether oxygens (including phenoxy) is 1. The molecule has 4 nitrogen and oxygen atoms in total. The zero-order valence-electron chi connectivity index (χ0n) is 12.4. The molecule has 2 aromatic heterocycles. The minimum absolute atomic E-state index is 0.00138. The maximum atomic E-state index is 11.9. The zero-order valence-corrected chi connectivity index (χ0v) is 13.3. The predicted octanol–water partition coefficient (Wildman–Crippen LogP) is 3.51. The Kier molecular flexibility index (Phi) is 5.01. The molecular weight excluding hydrogens is 308 g/mol. The summed E-state index contributed by atoms with van der Waals surface area (Å²) in [5.74, 6) is 0.526. The second-order valence-corrected chi connectivity index (χ2v) is 5.81. The summed E-state index contributed by atoms with van der Waals surface area (Å²) in [6.07, 6.45) is 1.76. The summed E-state index contributed by atoms with van der Waals surface area (Å²) in [5.41, 5.74) is 1.90. The number of nitrogens with one attached hydrogen (secondary N) is 1. The molecule has 5 heteroatoms. The Labute approximate surface area is 138 Å². The summed E-state index contributed by atoms with van der Waals surface area (Å²) in [6, 6.07) is 17.2. The van der Waals surface area contributed by atoms with Gasteiger partial charge in [0.25, 0.3) is 5.91 Å². The number of nitrogens with zero attached hydrogens (tertiary/aromatic N) is 1. The van der Waals surface area contributed by atoms with Crippen molar-refractivity contribution in [2.45, 2.75) is 6.54 Å². The standard InChI is InChI=1S/C18H16N2O2S/c21-17(13-22-15-7-2-1-3-8-15)20-12-14-6-4-10-19-18(14)16-9-5-11-23-16/h1-11H,12-13H2,(H,20,21). The molecule has 0 atom stereocenters. The quantitative estimate of drug-likeness (QED) is 0.755. The van der Waals surface area contributed by atoms with Crippen LogP contribution in [0.1, 0.15) is 5.56 Å². The molecular formula is C18H16N2O2S. The van der Waals surface area contributed by atoms with Crippen molar-refractivity contribution in [3.8, 4) is 16.3 Å². The number of amides is 1. The van der Waals surface area contributed by atoms with E-state index in [0.29, 0.717) is 12.3 Å². The molecule has 0 fully saturated rings. The first-order valence-electron chi connectivity index (χ1n) is 7.25. The molecule has 0 radical (unpaired) electrons. The van der Waals surface area contributed by atoms with E-state index in [0.717, 1.165) is 16.1 Å². The van der Waals surface area contributed by atoms with Gasteiger partial charge in [-0.05, 0) is 35.2 Å². The molecule has 0 aliphatic rings. The van der Waals surface area contributed by atoms with Crippen molar-refractivity contribution in [3.63, 3.8) is 0 Å². The van der Waals surface area contributed by atoms with E-state index in [1.807, 2.05) is 60.0 Å². The molecule has 0 saturated heterocycles. The molecule has 1 aromatic carbocycles. The average molecular weight is 324 g/mol. The van der Waals surface area contributed by atoms with Crippen molar-refractivity contribution in [1.29, 1.82) is 0 Å². The van der Waals surface area contributed by atoms with Crippen molar-refractivity contribution >= 4 is 17.2 Å². The number of para-hydroxylation sites is 1. The fraction of sp³-hybridized carbons (Fsp3) is 0.111. The third-order valence-electron chi connectivity index (χ3n) is 3.23. The Balaban J connectivity index is 1.57. The van der Waals surface area contributed by atoms with Gasteiger partial charge in [0.15, 0.2) is 6.61 Å². The summed E-state index contributed by atoms with van der Waals surface area (Å²) in [7, 11) is 0. The maximum Gasteiger partial charge on any atom is 0.258 e. The van der Waals surface area contributed by atoms with Crippen LogP contribution in [0.25, 0.3) is 10.6 Å². The van der Waals surface area contributed by atoms with Gasteiger partial charge in [-0.15, -0.1) is 11.3 Å². The highest BCUT2D eigenvalue weighted by Gasteiger charge is 2.09. The van der Waals surface area contributed by atoms with E-state index < -0.39 is 0 Å². The van der Waals surface area contributed by atoms with Crippen LogP contribution >= 0.6 is 11.3 Å². The highest BCUT2D eigenvalue weighted by Crippen LogP contribution is 2.25. The van der Waals surface area contributed by atoms with Crippen molar-refractivity contribution < 1.29 is 9.53 Å². The smallest absolute Gasteiger partial charge is 0.258 e. The van der Waals surface area contributed by atoms with Gasteiger partial charge < -0.3 is 10.1 Å². The summed E-state index contributed by atoms with van der Waals surface area (Å²) in [4.78, 5) is 17.4. The summed E-state index contributed by atoms with van der Waals surface area (Å²) < 4.78 is 5.43. The van der Waals surface area contributed by atoms with Gasteiger partial charge in [-0.1, -0.05) is 30.3 Å². The first-order chi connectivity index (χ1) is 11.3. The molecule has 1 amide bonds. The lowest BCUT2D eigenvalue weighted by atomic mass is 10.1. The number of aromatic nitrogens is 1. The van der Waals surface area contributed by atoms with Gasteiger partial charge in [-0.3, -0.25) is 9.78 Å². The van der Waals surface area contributed by atoms with Gasteiger partial charge in [0.1, 0.15) is 5.75 Å². The van der Waals surface area contributed by atoms with Crippen molar-refractivity contribution in [1.82, 2.24) is 10.3 Å². The van der Waals surface area contributed by atoms with Gasteiger partial charge in [-0.2, -0.15) is 0 Å². The third kappa shape index (κ3) is 4.17. The van der Waals surface area contributed by atoms with Gasteiger partial charge in [0.05, 0.1) is 10.6 Å². The second kappa shape index (κ2) is 7.56. The molecule has 3 rings (SSSR count). The number of benzene rings is 1. The number of hydrogen-bond acceptors (Lipinski definition) is 4. The predicted molar refractivity (Wildman–Crippen MR) is 91.3 cm³/mol. The summed E-state index contributed by atoms with van der Waals surface area (Å²) >= 11 is 1.63. The van der Waals surface area contributed by atoms with Crippen LogP contribution < -0.4 is 10.1 Å². The number of carbonyl (C=O) groups is 1. The normalized spacial score (nSPS) is 10.3. The first-order valence-corrected chi connectivity index (χ1v) is 8.13. The fourth-order valence-electron chi connectivity index (χ4n) is 2.13. The average Bonchev–Trinajstić information content (AvgIpc) is 3.14. The van der Waals surface area contributed by atoms with E-state index in [9.17, 15) is 4.79 Å². The number of pyridine rings is 1. The summed E-state index contributed by atoms with van der Waals surface area (Å²) in [5, 5.41) is 4.89. The second-order valence-electron chi connectivity index (χ2n) is 4.87. The maximum absolute atomic E-state index is 11.9. The largest absolute Gasteiger partial charge is 0.484 e. The SMILES string of the molecule is O=C(COc1ccccc1)NCc1cccnc1-c1cccs1. The first kappa shape index (κ1) is 15.2. The molecule has 3 aromatic rings. The van der Waals surface area contributed by atoms with E-state index >= 15 is 0 Å². The third-order valence-corrected chi connectivity index (χ3v) is 4.11. The Morgan fingerprint density at radius 3 is 2.74 bits per heavy atom.